The van der Waals surface area contributed by atoms with Crippen LogP contribution >= 0.6 is 0 Å². The maximum absolute atomic E-state index is 4.54. The van der Waals surface area contributed by atoms with Crippen molar-refractivity contribution in [1.29, 1.82) is 0 Å². The zero-order valence-corrected chi connectivity index (χ0v) is 12.4. The Balaban J connectivity index is 2.76. The first kappa shape index (κ1) is 12.7. The molecule has 0 unspecified atom stereocenters. The van der Waals surface area contributed by atoms with Crippen molar-refractivity contribution in [3.8, 4) is 0 Å². The van der Waals surface area contributed by atoms with Crippen molar-refractivity contribution < 1.29 is 0 Å². The second-order valence-corrected chi connectivity index (χ2v) is 5.20. The van der Waals surface area contributed by atoms with Gasteiger partial charge < -0.3 is 4.90 Å². The normalized spacial score (nSPS) is 14.1. The van der Waals surface area contributed by atoms with Gasteiger partial charge in [0, 0.05) is 42.8 Å². The molecule has 3 aromatic rings. The molecule has 0 fully saturated rings. The first-order valence-corrected chi connectivity index (χ1v) is 6.83. The number of rotatable bonds is 1. The van der Waals surface area contributed by atoms with Crippen molar-refractivity contribution in [2.24, 2.45) is 0 Å². The van der Waals surface area contributed by atoms with Crippen molar-refractivity contribution in [3.63, 3.8) is 0 Å². The van der Waals surface area contributed by atoms with Crippen LogP contribution in [0, 0.1) is 0 Å². The standard InChI is InChI=1S/C17H19N3/c1-5-13-14-8-6-7-9-15(14)17-18-10-11-20(17)16(13)12(2)19(3)4/h5-11H,1-4H3/b13-5-,16-12-. The van der Waals surface area contributed by atoms with Crippen LogP contribution < -0.4 is 10.6 Å². The summed E-state index contributed by atoms with van der Waals surface area (Å²) in [7, 11) is 4.15. The summed E-state index contributed by atoms with van der Waals surface area (Å²) in [4.78, 5) is 6.69. The van der Waals surface area contributed by atoms with Crippen LogP contribution in [0.4, 0.5) is 0 Å². The van der Waals surface area contributed by atoms with Crippen molar-refractivity contribution in [3.05, 3.63) is 47.2 Å². The molecule has 2 heterocycles. The second kappa shape index (κ2) is 4.67. The molecule has 3 nitrogen and oxygen atoms in total. The third kappa shape index (κ3) is 1.70. The lowest BCUT2D eigenvalue weighted by Crippen LogP contribution is -2.37. The van der Waals surface area contributed by atoms with Gasteiger partial charge in [-0.05, 0) is 19.2 Å². The predicted molar refractivity (Wildman–Crippen MR) is 84.9 cm³/mol. The molecule has 102 valence electrons. The monoisotopic (exact) mass is 265 g/mol. The molecule has 20 heavy (non-hydrogen) atoms. The van der Waals surface area contributed by atoms with Crippen molar-refractivity contribution in [2.45, 2.75) is 13.8 Å². The average Bonchev–Trinajstić information content (AvgIpc) is 2.94. The minimum absolute atomic E-state index is 1.02. The molecule has 2 aromatic heterocycles. The fourth-order valence-corrected chi connectivity index (χ4v) is 2.73. The first-order valence-electron chi connectivity index (χ1n) is 6.83. The summed E-state index contributed by atoms with van der Waals surface area (Å²) in [6.45, 7) is 4.24. The maximum atomic E-state index is 4.54. The predicted octanol–water partition coefficient (Wildman–Crippen LogP) is 1.98. The van der Waals surface area contributed by atoms with Gasteiger partial charge in [0.05, 0.1) is 5.35 Å². The quantitative estimate of drug-likeness (QED) is 0.670. The Kier molecular flexibility index (Phi) is 2.97. The van der Waals surface area contributed by atoms with E-state index >= 15 is 0 Å². The van der Waals surface area contributed by atoms with Crippen LogP contribution in [-0.4, -0.2) is 28.4 Å². The molecule has 0 bridgehead atoms. The van der Waals surface area contributed by atoms with Gasteiger partial charge in [0.15, 0.2) is 0 Å². The van der Waals surface area contributed by atoms with Crippen molar-refractivity contribution in [1.82, 2.24) is 14.3 Å². The van der Waals surface area contributed by atoms with E-state index in [0.29, 0.717) is 0 Å². The Morgan fingerprint density at radius 3 is 2.55 bits per heavy atom. The summed E-state index contributed by atoms with van der Waals surface area (Å²) in [5.41, 5.74) is 2.24. The summed E-state index contributed by atoms with van der Waals surface area (Å²) in [6.07, 6.45) is 6.09. The molecule has 0 spiro atoms. The lowest BCUT2D eigenvalue weighted by atomic mass is 10.1. The van der Waals surface area contributed by atoms with Crippen LogP contribution in [0.3, 0.4) is 0 Å². The highest BCUT2D eigenvalue weighted by Crippen LogP contribution is 2.14. The molecule has 0 saturated heterocycles. The number of hydrogen-bond acceptors (Lipinski definition) is 2. The second-order valence-electron chi connectivity index (χ2n) is 5.20. The number of aromatic nitrogens is 2. The Morgan fingerprint density at radius 2 is 1.90 bits per heavy atom. The number of pyridine rings is 1. The summed E-state index contributed by atoms with van der Waals surface area (Å²) in [5, 5.41) is 4.92. The van der Waals surface area contributed by atoms with Crippen molar-refractivity contribution >= 4 is 28.2 Å². The third-order valence-corrected chi connectivity index (χ3v) is 3.90. The molecule has 0 aliphatic heterocycles. The number of benzene rings is 1. The van der Waals surface area contributed by atoms with E-state index < -0.39 is 0 Å². The van der Waals surface area contributed by atoms with Gasteiger partial charge >= 0.3 is 0 Å². The van der Waals surface area contributed by atoms with Gasteiger partial charge in [-0.3, -0.25) is 4.40 Å². The fraction of sp³-hybridized carbons (Fsp3) is 0.235. The first-order chi connectivity index (χ1) is 9.65. The van der Waals surface area contributed by atoms with E-state index in [-0.39, 0.29) is 0 Å². The van der Waals surface area contributed by atoms with E-state index in [2.05, 4.69) is 72.6 Å². The van der Waals surface area contributed by atoms with E-state index in [4.69, 9.17) is 0 Å². The molecular formula is C17H19N3. The smallest absolute Gasteiger partial charge is 0.145 e. The molecule has 3 rings (SSSR count). The van der Waals surface area contributed by atoms with Gasteiger partial charge in [0.2, 0.25) is 0 Å². The van der Waals surface area contributed by atoms with Crippen molar-refractivity contribution in [2.75, 3.05) is 14.1 Å². The molecule has 0 aliphatic carbocycles. The Morgan fingerprint density at radius 1 is 1.20 bits per heavy atom. The molecule has 3 heteroatoms. The van der Waals surface area contributed by atoms with Crippen LogP contribution in [0.2, 0.25) is 0 Å². The molecule has 0 N–H and O–H groups in total. The molecule has 1 aromatic carbocycles. The van der Waals surface area contributed by atoms with Crippen LogP contribution in [0.25, 0.3) is 28.2 Å². The Labute approximate surface area is 118 Å². The van der Waals surface area contributed by atoms with Gasteiger partial charge in [-0.1, -0.05) is 30.3 Å². The van der Waals surface area contributed by atoms with E-state index in [1.807, 2.05) is 12.4 Å². The number of imidazole rings is 1. The number of hydrogen-bond donors (Lipinski definition) is 0. The van der Waals surface area contributed by atoms with Crippen LogP contribution in [0.1, 0.15) is 13.8 Å². The molecule has 0 radical (unpaired) electrons. The topological polar surface area (TPSA) is 20.5 Å². The molecular weight excluding hydrogens is 246 g/mol. The Bertz CT molecular complexity index is 901. The average molecular weight is 265 g/mol. The van der Waals surface area contributed by atoms with Gasteiger partial charge in [0.25, 0.3) is 0 Å². The van der Waals surface area contributed by atoms with Gasteiger partial charge in [-0.15, -0.1) is 0 Å². The highest BCUT2D eigenvalue weighted by Gasteiger charge is 2.08. The van der Waals surface area contributed by atoms with Crippen LogP contribution in [0.15, 0.2) is 36.7 Å². The maximum Gasteiger partial charge on any atom is 0.145 e. The van der Waals surface area contributed by atoms with E-state index in [1.54, 1.807) is 0 Å². The SMILES string of the molecule is C/C=c1\c(=C(/C)N(C)C)n2ccnc2c2ccccc12. The lowest BCUT2D eigenvalue weighted by molar-refractivity contribution is 0.577. The molecule has 0 atom stereocenters. The van der Waals surface area contributed by atoms with Gasteiger partial charge in [-0.25, -0.2) is 4.98 Å². The highest BCUT2D eigenvalue weighted by atomic mass is 15.1. The summed E-state index contributed by atoms with van der Waals surface area (Å²) in [5.74, 6) is 0. The summed E-state index contributed by atoms with van der Waals surface area (Å²) in [6, 6.07) is 8.47. The fourth-order valence-electron chi connectivity index (χ4n) is 2.73. The van der Waals surface area contributed by atoms with Gasteiger partial charge in [-0.2, -0.15) is 0 Å². The summed E-state index contributed by atoms with van der Waals surface area (Å²) < 4.78 is 2.19. The van der Waals surface area contributed by atoms with E-state index in [9.17, 15) is 0 Å². The zero-order chi connectivity index (χ0) is 14.3. The van der Waals surface area contributed by atoms with Crippen LogP contribution in [0.5, 0.6) is 0 Å². The Hall–Kier alpha value is -2.29. The van der Waals surface area contributed by atoms with E-state index in [1.165, 1.54) is 27.0 Å². The largest absolute Gasteiger partial charge is 0.379 e. The minimum Gasteiger partial charge on any atom is -0.379 e. The highest BCUT2D eigenvalue weighted by molar-refractivity contribution is 5.94. The summed E-state index contributed by atoms with van der Waals surface area (Å²) >= 11 is 0. The van der Waals surface area contributed by atoms with Gasteiger partial charge in [0.1, 0.15) is 5.65 Å². The lowest BCUT2D eigenvalue weighted by Gasteiger charge is -2.15. The van der Waals surface area contributed by atoms with E-state index in [0.717, 1.165) is 5.65 Å². The minimum atomic E-state index is 1.02. The zero-order valence-electron chi connectivity index (χ0n) is 12.4. The molecule has 0 aliphatic rings. The van der Waals surface area contributed by atoms with Crippen LogP contribution in [-0.2, 0) is 0 Å². The molecule has 0 saturated carbocycles. The third-order valence-electron chi connectivity index (χ3n) is 3.90. The molecule has 0 amide bonds. The number of fused-ring (bicyclic) bond motifs is 3. The number of nitrogens with zero attached hydrogens (tertiary/aromatic N) is 3.